The Bertz CT molecular complexity index is 306. The highest BCUT2D eigenvalue weighted by molar-refractivity contribution is 14.1. The highest BCUT2D eigenvalue weighted by atomic mass is 127. The first-order valence-corrected chi connectivity index (χ1v) is 6.57. The van der Waals surface area contributed by atoms with Gasteiger partial charge in [0.25, 0.3) is 0 Å². The summed E-state index contributed by atoms with van der Waals surface area (Å²) in [5.74, 6) is -0.565. The van der Waals surface area contributed by atoms with Crippen LogP contribution in [0.25, 0.3) is 0 Å². The number of hydrogen-bond donors (Lipinski definition) is 0. The Morgan fingerprint density at radius 3 is 2.29 bits per heavy atom. The summed E-state index contributed by atoms with van der Waals surface area (Å²) in [6.07, 6.45) is 0. The van der Waals surface area contributed by atoms with Gasteiger partial charge in [-0.2, -0.15) is 0 Å². The molecular formula is C10H10BrIO2. The lowest BCUT2D eigenvalue weighted by Crippen LogP contribution is -2.28. The van der Waals surface area contributed by atoms with Crippen molar-refractivity contribution < 1.29 is 9.47 Å². The summed E-state index contributed by atoms with van der Waals surface area (Å²) >= 11 is 5.72. The monoisotopic (exact) mass is 368 g/mol. The maximum Gasteiger partial charge on any atom is 0.204 e. The van der Waals surface area contributed by atoms with Crippen molar-refractivity contribution in [1.29, 1.82) is 0 Å². The second-order valence-corrected chi connectivity index (χ2v) is 4.90. The van der Waals surface area contributed by atoms with Crippen LogP contribution < -0.4 is 0 Å². The number of rotatable bonds is 2. The van der Waals surface area contributed by atoms with E-state index in [4.69, 9.17) is 9.47 Å². The first kappa shape index (κ1) is 10.9. The molecule has 0 saturated carbocycles. The lowest BCUT2D eigenvalue weighted by Gasteiger charge is -2.25. The van der Waals surface area contributed by atoms with Crippen LogP contribution in [0.2, 0.25) is 0 Å². The summed E-state index contributed by atoms with van der Waals surface area (Å²) in [6, 6.07) is 8.22. The van der Waals surface area contributed by atoms with Crippen LogP contribution in [0.3, 0.4) is 0 Å². The molecule has 0 N–H and O–H groups in total. The minimum atomic E-state index is -0.565. The Hall–Kier alpha value is 0.350. The van der Waals surface area contributed by atoms with E-state index < -0.39 is 5.79 Å². The molecule has 0 spiro atoms. The zero-order valence-corrected chi connectivity index (χ0v) is 11.2. The van der Waals surface area contributed by atoms with Crippen LogP contribution in [0, 0.1) is 3.57 Å². The molecule has 0 atom stereocenters. The molecule has 1 saturated heterocycles. The Kier molecular flexibility index (Phi) is 3.46. The minimum Gasteiger partial charge on any atom is -0.343 e. The largest absolute Gasteiger partial charge is 0.343 e. The smallest absolute Gasteiger partial charge is 0.204 e. The zero-order chi connectivity index (χ0) is 10.0. The third kappa shape index (κ3) is 1.98. The van der Waals surface area contributed by atoms with Crippen molar-refractivity contribution in [3.8, 4) is 0 Å². The van der Waals surface area contributed by atoms with Gasteiger partial charge in [-0.25, -0.2) is 0 Å². The van der Waals surface area contributed by atoms with Crippen LogP contribution in [0.4, 0.5) is 0 Å². The van der Waals surface area contributed by atoms with E-state index in [0.717, 1.165) is 5.56 Å². The molecule has 1 aromatic carbocycles. The van der Waals surface area contributed by atoms with Gasteiger partial charge in [-0.15, -0.1) is 0 Å². The molecule has 1 heterocycles. The molecule has 0 bridgehead atoms. The summed E-state index contributed by atoms with van der Waals surface area (Å²) in [5.41, 5.74) is 1.08. The second kappa shape index (κ2) is 4.47. The molecule has 1 aromatic rings. The fraction of sp³-hybridized carbons (Fsp3) is 0.400. The van der Waals surface area contributed by atoms with Gasteiger partial charge in [0.05, 0.1) is 18.5 Å². The predicted molar refractivity (Wildman–Crippen MR) is 66.5 cm³/mol. The van der Waals surface area contributed by atoms with E-state index in [9.17, 15) is 0 Å². The van der Waals surface area contributed by atoms with Gasteiger partial charge in [0.15, 0.2) is 0 Å². The number of benzene rings is 1. The van der Waals surface area contributed by atoms with Crippen molar-refractivity contribution in [3.05, 3.63) is 33.4 Å². The Morgan fingerprint density at radius 2 is 1.79 bits per heavy atom. The summed E-state index contributed by atoms with van der Waals surface area (Å²) in [7, 11) is 0. The van der Waals surface area contributed by atoms with E-state index in [1.165, 1.54) is 3.57 Å². The summed E-state index contributed by atoms with van der Waals surface area (Å²) in [6.45, 7) is 1.33. The van der Waals surface area contributed by atoms with Gasteiger partial charge in [-0.05, 0) is 34.7 Å². The average molecular weight is 369 g/mol. The van der Waals surface area contributed by atoms with Crippen LogP contribution in [0.5, 0.6) is 0 Å². The lowest BCUT2D eigenvalue weighted by atomic mass is 10.1. The van der Waals surface area contributed by atoms with Gasteiger partial charge in [0, 0.05) is 9.13 Å². The molecule has 4 heteroatoms. The van der Waals surface area contributed by atoms with Gasteiger partial charge in [-0.3, -0.25) is 0 Å². The van der Waals surface area contributed by atoms with Gasteiger partial charge in [0.1, 0.15) is 0 Å². The van der Waals surface area contributed by atoms with Gasteiger partial charge >= 0.3 is 0 Å². The number of hydrogen-bond acceptors (Lipinski definition) is 2. The van der Waals surface area contributed by atoms with E-state index in [1.807, 2.05) is 12.1 Å². The molecule has 0 radical (unpaired) electrons. The summed E-state index contributed by atoms with van der Waals surface area (Å²) in [4.78, 5) is 0. The van der Waals surface area contributed by atoms with E-state index in [1.54, 1.807) is 0 Å². The van der Waals surface area contributed by atoms with E-state index >= 15 is 0 Å². The number of alkyl halides is 1. The average Bonchev–Trinajstić information content (AvgIpc) is 2.68. The Morgan fingerprint density at radius 1 is 1.21 bits per heavy atom. The van der Waals surface area contributed by atoms with Crippen LogP contribution in [0.15, 0.2) is 24.3 Å². The third-order valence-electron chi connectivity index (χ3n) is 2.21. The Balaban J connectivity index is 2.31. The standard InChI is InChI=1S/C10H10BrIO2/c11-7-10(13-5-6-14-10)8-1-3-9(12)4-2-8/h1-4H,5-7H2. The van der Waals surface area contributed by atoms with Crippen molar-refractivity contribution >= 4 is 38.5 Å². The van der Waals surface area contributed by atoms with Crippen LogP contribution >= 0.6 is 38.5 Å². The quantitative estimate of drug-likeness (QED) is 0.590. The topological polar surface area (TPSA) is 18.5 Å². The van der Waals surface area contributed by atoms with Crippen molar-refractivity contribution in [2.75, 3.05) is 18.5 Å². The zero-order valence-electron chi connectivity index (χ0n) is 7.50. The van der Waals surface area contributed by atoms with E-state index in [-0.39, 0.29) is 0 Å². The van der Waals surface area contributed by atoms with Gasteiger partial charge < -0.3 is 9.47 Å². The fourth-order valence-electron chi connectivity index (χ4n) is 1.48. The molecule has 14 heavy (non-hydrogen) atoms. The van der Waals surface area contributed by atoms with Crippen molar-refractivity contribution in [2.24, 2.45) is 0 Å². The summed E-state index contributed by atoms with van der Waals surface area (Å²) < 4.78 is 12.5. The molecule has 1 aliphatic heterocycles. The third-order valence-corrected chi connectivity index (χ3v) is 3.67. The highest BCUT2D eigenvalue weighted by Gasteiger charge is 2.37. The highest BCUT2D eigenvalue weighted by Crippen LogP contribution is 2.33. The number of ether oxygens (including phenoxy) is 2. The first-order chi connectivity index (χ1) is 6.77. The molecule has 2 rings (SSSR count). The van der Waals surface area contributed by atoms with Crippen LogP contribution in [-0.4, -0.2) is 18.5 Å². The summed E-state index contributed by atoms with van der Waals surface area (Å²) in [5, 5.41) is 0.667. The van der Waals surface area contributed by atoms with Crippen LogP contribution in [0.1, 0.15) is 5.56 Å². The first-order valence-electron chi connectivity index (χ1n) is 4.37. The van der Waals surface area contributed by atoms with Crippen molar-refractivity contribution in [2.45, 2.75) is 5.79 Å². The maximum absolute atomic E-state index is 5.64. The molecule has 2 nitrogen and oxygen atoms in total. The SMILES string of the molecule is BrCC1(c2ccc(I)cc2)OCCO1. The normalized spacial score (nSPS) is 19.9. The molecule has 76 valence electrons. The minimum absolute atomic E-state index is 0.565. The van der Waals surface area contributed by atoms with Crippen LogP contribution in [-0.2, 0) is 15.3 Å². The molecule has 1 fully saturated rings. The van der Waals surface area contributed by atoms with E-state index in [0.29, 0.717) is 18.5 Å². The van der Waals surface area contributed by atoms with Crippen molar-refractivity contribution in [1.82, 2.24) is 0 Å². The van der Waals surface area contributed by atoms with Gasteiger partial charge in [0.2, 0.25) is 5.79 Å². The molecule has 0 aromatic heterocycles. The van der Waals surface area contributed by atoms with Gasteiger partial charge in [-0.1, -0.05) is 28.1 Å². The molecule has 0 aliphatic carbocycles. The molecule has 1 aliphatic rings. The fourth-order valence-corrected chi connectivity index (χ4v) is 2.49. The molecule has 0 unspecified atom stereocenters. The van der Waals surface area contributed by atoms with Crippen molar-refractivity contribution in [3.63, 3.8) is 0 Å². The maximum atomic E-state index is 5.64. The second-order valence-electron chi connectivity index (χ2n) is 3.09. The molecular weight excluding hydrogens is 359 g/mol. The predicted octanol–water partition coefficient (Wildman–Crippen LogP) is 2.89. The number of halogens is 2. The Labute approximate surface area is 105 Å². The van der Waals surface area contributed by atoms with E-state index in [2.05, 4.69) is 50.7 Å². The lowest BCUT2D eigenvalue weighted by molar-refractivity contribution is -0.144. The molecule has 0 amide bonds.